The van der Waals surface area contributed by atoms with Gasteiger partial charge in [0.15, 0.2) is 0 Å². The Hall–Kier alpha value is -2.00. The first-order chi connectivity index (χ1) is 11.0. The number of rotatable bonds is 2. The average Bonchev–Trinajstić information content (AvgIpc) is 2.53. The molecule has 0 fully saturated rings. The summed E-state index contributed by atoms with van der Waals surface area (Å²) in [5, 5.41) is 1.99. The van der Waals surface area contributed by atoms with Crippen molar-refractivity contribution >= 4 is 23.2 Å². The first kappa shape index (κ1) is 15.9. The normalized spacial score (nSPS) is 16.6. The quantitative estimate of drug-likeness (QED) is 0.575. The van der Waals surface area contributed by atoms with E-state index in [0.29, 0.717) is 6.54 Å². The third-order valence-corrected chi connectivity index (χ3v) is 4.88. The van der Waals surface area contributed by atoms with E-state index < -0.39 is 0 Å². The maximum atomic E-state index is 13.0. The van der Waals surface area contributed by atoms with E-state index in [1.54, 1.807) is 11.8 Å². The number of amides is 1. The van der Waals surface area contributed by atoms with Crippen molar-refractivity contribution in [1.82, 2.24) is 4.90 Å². The van der Waals surface area contributed by atoms with Gasteiger partial charge in [0.2, 0.25) is 0 Å². The number of carbonyl (C=O) groups is 1. The molecule has 0 atom stereocenters. The van der Waals surface area contributed by atoms with Gasteiger partial charge in [-0.2, -0.15) is 0 Å². The number of fused-ring (bicyclic) bond motifs is 1. The minimum atomic E-state index is -0.193. The van der Waals surface area contributed by atoms with Gasteiger partial charge in [-0.3, -0.25) is 4.79 Å². The minimum Gasteiger partial charge on any atom is -0.329 e. The van der Waals surface area contributed by atoms with E-state index >= 15 is 0 Å². The number of hydrogen-bond donors (Lipinski definition) is 0. The van der Waals surface area contributed by atoms with E-state index in [2.05, 4.69) is 39.0 Å². The van der Waals surface area contributed by atoms with Gasteiger partial charge in [-0.1, -0.05) is 54.2 Å². The van der Waals surface area contributed by atoms with Crippen LogP contribution >= 0.6 is 11.8 Å². The second-order valence-electron chi connectivity index (χ2n) is 6.68. The summed E-state index contributed by atoms with van der Waals surface area (Å²) < 4.78 is 0. The van der Waals surface area contributed by atoms with Crippen molar-refractivity contribution in [2.75, 3.05) is 0 Å². The molecule has 3 heteroatoms. The number of carbonyl (C=O) groups excluding carboxylic acids is 1. The fourth-order valence-corrected chi connectivity index (χ4v) is 3.50. The molecule has 2 nitrogen and oxygen atoms in total. The van der Waals surface area contributed by atoms with E-state index in [4.69, 9.17) is 0 Å². The van der Waals surface area contributed by atoms with Crippen LogP contribution in [0.3, 0.4) is 0 Å². The van der Waals surface area contributed by atoms with Gasteiger partial charge in [0.05, 0.1) is 5.57 Å². The molecular weight excluding hydrogens is 302 g/mol. The van der Waals surface area contributed by atoms with Gasteiger partial charge in [-0.05, 0) is 49.4 Å². The molecule has 0 N–H and O–H groups in total. The predicted molar refractivity (Wildman–Crippen MR) is 97.0 cm³/mol. The summed E-state index contributed by atoms with van der Waals surface area (Å²) in [6.45, 7) is 6.92. The molecule has 0 radical (unpaired) electrons. The number of thioether (sulfide) groups is 1. The standard InChI is InChI=1S/C20H21NOS/c1-20(2,3)21-13-15-9-7-8-12-17(15)18(19(21)22)14-23-16-10-5-4-6-11-16/h4-12,14H,13H2,1-3H3/b18-14-. The fraction of sp³-hybridized carbons (Fsp3) is 0.250. The minimum absolute atomic E-state index is 0.111. The first-order valence-corrected chi connectivity index (χ1v) is 8.67. The van der Waals surface area contributed by atoms with Crippen molar-refractivity contribution in [3.63, 3.8) is 0 Å². The predicted octanol–water partition coefficient (Wildman–Crippen LogP) is 4.96. The lowest BCUT2D eigenvalue weighted by atomic mass is 9.92. The summed E-state index contributed by atoms with van der Waals surface area (Å²) in [4.78, 5) is 16.1. The van der Waals surface area contributed by atoms with Crippen molar-refractivity contribution in [2.24, 2.45) is 0 Å². The van der Waals surface area contributed by atoms with Gasteiger partial charge in [0.25, 0.3) is 5.91 Å². The smallest absolute Gasteiger partial charge is 0.255 e. The molecule has 0 aromatic heterocycles. The fourth-order valence-electron chi connectivity index (χ4n) is 2.71. The van der Waals surface area contributed by atoms with Gasteiger partial charge < -0.3 is 4.90 Å². The lowest BCUT2D eigenvalue weighted by molar-refractivity contribution is -0.130. The Morgan fingerprint density at radius 3 is 2.35 bits per heavy atom. The summed E-state index contributed by atoms with van der Waals surface area (Å²) in [6, 6.07) is 18.3. The molecular formula is C20H21NOS. The third kappa shape index (κ3) is 3.35. The van der Waals surface area contributed by atoms with Crippen LogP contribution in [0, 0.1) is 0 Å². The van der Waals surface area contributed by atoms with Crippen molar-refractivity contribution in [2.45, 2.75) is 37.8 Å². The van der Waals surface area contributed by atoms with Gasteiger partial charge in [0.1, 0.15) is 0 Å². The first-order valence-electron chi connectivity index (χ1n) is 7.79. The summed E-state index contributed by atoms with van der Waals surface area (Å²) in [6.07, 6.45) is 0. The molecule has 0 saturated carbocycles. The Balaban J connectivity index is 2.01. The van der Waals surface area contributed by atoms with E-state index in [-0.39, 0.29) is 11.4 Å². The zero-order chi connectivity index (χ0) is 16.4. The van der Waals surface area contributed by atoms with Crippen molar-refractivity contribution in [3.05, 3.63) is 71.1 Å². The van der Waals surface area contributed by atoms with E-state index in [1.165, 1.54) is 5.56 Å². The summed E-state index contributed by atoms with van der Waals surface area (Å²) in [7, 11) is 0. The van der Waals surface area contributed by atoms with Gasteiger partial charge in [-0.15, -0.1) is 0 Å². The van der Waals surface area contributed by atoms with Crippen molar-refractivity contribution in [3.8, 4) is 0 Å². The Morgan fingerprint density at radius 2 is 1.65 bits per heavy atom. The highest BCUT2D eigenvalue weighted by Gasteiger charge is 2.34. The highest BCUT2D eigenvalue weighted by Crippen LogP contribution is 2.35. The molecule has 118 valence electrons. The van der Waals surface area contributed by atoms with E-state index in [0.717, 1.165) is 16.0 Å². The maximum Gasteiger partial charge on any atom is 0.255 e. The molecule has 0 unspecified atom stereocenters. The molecule has 2 aromatic rings. The van der Waals surface area contributed by atoms with Crippen molar-refractivity contribution in [1.29, 1.82) is 0 Å². The van der Waals surface area contributed by atoms with Crippen LogP contribution in [0.1, 0.15) is 31.9 Å². The average molecular weight is 323 g/mol. The lowest BCUT2D eigenvalue weighted by Gasteiger charge is -2.40. The second-order valence-corrected chi connectivity index (χ2v) is 7.62. The molecule has 1 amide bonds. The summed E-state index contributed by atoms with van der Waals surface area (Å²) in [5.74, 6) is 0.111. The van der Waals surface area contributed by atoms with Crippen LogP contribution in [0.25, 0.3) is 5.57 Å². The van der Waals surface area contributed by atoms with Crippen LogP contribution in [-0.4, -0.2) is 16.3 Å². The van der Waals surface area contributed by atoms with Crippen LogP contribution < -0.4 is 0 Å². The number of benzene rings is 2. The zero-order valence-electron chi connectivity index (χ0n) is 13.7. The van der Waals surface area contributed by atoms with Crippen molar-refractivity contribution < 1.29 is 4.79 Å². The lowest BCUT2D eigenvalue weighted by Crippen LogP contribution is -2.47. The largest absolute Gasteiger partial charge is 0.329 e. The van der Waals surface area contributed by atoms with Crippen LogP contribution in [0.15, 0.2) is 64.9 Å². The number of nitrogens with zero attached hydrogens (tertiary/aromatic N) is 1. The van der Waals surface area contributed by atoms with E-state index in [1.807, 2.05) is 46.7 Å². The van der Waals surface area contributed by atoms with Gasteiger partial charge in [-0.25, -0.2) is 0 Å². The third-order valence-electron chi connectivity index (χ3n) is 3.98. The highest BCUT2D eigenvalue weighted by molar-refractivity contribution is 8.02. The Bertz CT molecular complexity index is 744. The molecule has 0 bridgehead atoms. The number of hydrogen-bond acceptors (Lipinski definition) is 2. The van der Waals surface area contributed by atoms with Crippen LogP contribution in [0.2, 0.25) is 0 Å². The molecule has 23 heavy (non-hydrogen) atoms. The Kier molecular flexibility index (Phi) is 4.31. The molecule has 1 aliphatic heterocycles. The van der Waals surface area contributed by atoms with Crippen LogP contribution in [0.4, 0.5) is 0 Å². The molecule has 0 saturated heterocycles. The van der Waals surface area contributed by atoms with Gasteiger partial charge >= 0.3 is 0 Å². The summed E-state index contributed by atoms with van der Waals surface area (Å²) in [5.41, 5.74) is 2.86. The van der Waals surface area contributed by atoms with Gasteiger partial charge in [0, 0.05) is 17.0 Å². The van der Waals surface area contributed by atoms with Crippen LogP contribution in [0.5, 0.6) is 0 Å². The summed E-state index contributed by atoms with van der Waals surface area (Å²) >= 11 is 1.60. The Morgan fingerprint density at radius 1 is 1.00 bits per heavy atom. The topological polar surface area (TPSA) is 20.3 Å². The highest BCUT2D eigenvalue weighted by atomic mass is 32.2. The maximum absolute atomic E-state index is 13.0. The molecule has 2 aromatic carbocycles. The molecule has 3 rings (SSSR count). The second kappa shape index (κ2) is 6.25. The zero-order valence-corrected chi connectivity index (χ0v) is 14.6. The molecule has 0 aliphatic carbocycles. The van der Waals surface area contributed by atoms with E-state index in [9.17, 15) is 4.79 Å². The molecule has 1 heterocycles. The monoisotopic (exact) mass is 323 g/mol. The molecule has 1 aliphatic rings. The SMILES string of the molecule is CC(C)(C)N1Cc2ccccc2/C(=C/Sc2ccccc2)C1=O. The Labute approximate surface area is 142 Å². The van der Waals surface area contributed by atoms with Crippen LogP contribution in [-0.2, 0) is 11.3 Å². The molecule has 0 spiro atoms.